The second-order valence-electron chi connectivity index (χ2n) is 5.38. The van der Waals surface area contributed by atoms with Crippen molar-refractivity contribution in [2.24, 2.45) is 4.99 Å². The minimum atomic E-state index is -0.100. The monoisotopic (exact) mass is 434 g/mol. The summed E-state index contributed by atoms with van der Waals surface area (Å²) in [6, 6.07) is 14.2. The Morgan fingerprint density at radius 1 is 1.09 bits per heavy atom. The molecule has 0 spiro atoms. The molecule has 3 nitrogen and oxygen atoms in total. The van der Waals surface area contributed by atoms with Crippen LogP contribution in [0.5, 0.6) is 0 Å². The largest absolute Gasteiger partial charge is 0.300 e. The molecule has 0 aliphatic carbocycles. The molecular formula is C18H15IN2OS. The molecule has 1 saturated heterocycles. The lowest BCUT2D eigenvalue weighted by Crippen LogP contribution is -2.19. The minimum Gasteiger partial charge on any atom is -0.300 e. The number of amidine groups is 1. The number of aliphatic imine (C=N–C) groups is 1. The lowest BCUT2D eigenvalue weighted by Gasteiger charge is -2.00. The van der Waals surface area contributed by atoms with Gasteiger partial charge in [0.05, 0.1) is 10.6 Å². The van der Waals surface area contributed by atoms with Crippen LogP contribution in [0.25, 0.3) is 6.08 Å². The molecule has 2 aromatic carbocycles. The molecule has 1 fully saturated rings. The Balaban J connectivity index is 1.84. The maximum absolute atomic E-state index is 12.1. The van der Waals surface area contributed by atoms with Crippen molar-refractivity contribution in [3.63, 3.8) is 0 Å². The van der Waals surface area contributed by atoms with E-state index in [4.69, 9.17) is 0 Å². The number of benzene rings is 2. The third-order valence-corrected chi connectivity index (χ3v) is 4.88. The van der Waals surface area contributed by atoms with Gasteiger partial charge >= 0.3 is 0 Å². The lowest BCUT2D eigenvalue weighted by molar-refractivity contribution is -0.115. The molecule has 0 radical (unpaired) electrons. The average Bonchev–Trinajstić information content (AvgIpc) is 2.80. The quantitative estimate of drug-likeness (QED) is 0.545. The summed E-state index contributed by atoms with van der Waals surface area (Å²) >= 11 is 3.63. The van der Waals surface area contributed by atoms with E-state index in [1.165, 1.54) is 15.3 Å². The zero-order valence-corrected chi connectivity index (χ0v) is 15.7. The van der Waals surface area contributed by atoms with Gasteiger partial charge in [-0.1, -0.05) is 18.2 Å². The van der Waals surface area contributed by atoms with Crippen LogP contribution in [0.3, 0.4) is 0 Å². The summed E-state index contributed by atoms with van der Waals surface area (Å²) in [6.45, 7) is 4.08. The fourth-order valence-electron chi connectivity index (χ4n) is 2.32. The first-order valence-corrected chi connectivity index (χ1v) is 9.02. The number of thioether (sulfide) groups is 1. The molecule has 1 amide bonds. The second-order valence-corrected chi connectivity index (χ2v) is 7.66. The molecule has 1 N–H and O–H groups in total. The van der Waals surface area contributed by atoms with Crippen molar-refractivity contribution in [1.82, 2.24) is 5.32 Å². The van der Waals surface area contributed by atoms with Crippen molar-refractivity contribution < 1.29 is 4.79 Å². The molecule has 0 saturated carbocycles. The number of carbonyl (C=O) groups is 1. The van der Waals surface area contributed by atoms with E-state index in [9.17, 15) is 4.79 Å². The normalized spacial score (nSPS) is 17.8. The third kappa shape index (κ3) is 4.23. The molecule has 116 valence electrons. The predicted molar refractivity (Wildman–Crippen MR) is 106 cm³/mol. The van der Waals surface area contributed by atoms with Gasteiger partial charge in [-0.3, -0.25) is 4.79 Å². The van der Waals surface area contributed by atoms with Gasteiger partial charge in [-0.15, -0.1) is 0 Å². The van der Waals surface area contributed by atoms with Gasteiger partial charge in [0, 0.05) is 3.57 Å². The highest BCUT2D eigenvalue weighted by molar-refractivity contribution is 14.1. The second kappa shape index (κ2) is 6.88. The van der Waals surface area contributed by atoms with Crippen LogP contribution in [-0.4, -0.2) is 11.1 Å². The summed E-state index contributed by atoms with van der Waals surface area (Å²) in [5, 5.41) is 3.45. The zero-order chi connectivity index (χ0) is 16.4. The first-order chi connectivity index (χ1) is 11.0. The van der Waals surface area contributed by atoms with E-state index in [-0.39, 0.29) is 5.91 Å². The highest BCUT2D eigenvalue weighted by Crippen LogP contribution is 2.28. The maximum Gasteiger partial charge on any atom is 0.264 e. The Morgan fingerprint density at radius 2 is 1.74 bits per heavy atom. The molecule has 5 heteroatoms. The summed E-state index contributed by atoms with van der Waals surface area (Å²) in [6.07, 6.45) is 1.89. The fraction of sp³-hybridized carbons (Fsp3) is 0.111. The van der Waals surface area contributed by atoms with Gasteiger partial charge < -0.3 is 5.32 Å². The number of aryl methyl sites for hydroxylation is 2. The SMILES string of the molecule is Cc1cc(C)cc(N=C2NC(=O)/C(=C/c3ccc(I)cc3)S2)c1. The zero-order valence-electron chi connectivity index (χ0n) is 12.8. The molecule has 23 heavy (non-hydrogen) atoms. The molecule has 0 unspecified atom stereocenters. The molecule has 0 aromatic heterocycles. The summed E-state index contributed by atoms with van der Waals surface area (Å²) < 4.78 is 1.17. The number of hydrogen-bond donors (Lipinski definition) is 1. The number of hydrogen-bond acceptors (Lipinski definition) is 3. The number of carbonyl (C=O) groups excluding carboxylic acids is 1. The molecular weight excluding hydrogens is 419 g/mol. The molecule has 3 rings (SSSR count). The minimum absolute atomic E-state index is 0.100. The number of halogens is 1. The topological polar surface area (TPSA) is 41.5 Å². The number of rotatable bonds is 2. The van der Waals surface area contributed by atoms with Gasteiger partial charge in [-0.2, -0.15) is 0 Å². The molecule has 1 heterocycles. The number of nitrogens with one attached hydrogen (secondary N) is 1. The van der Waals surface area contributed by atoms with Crippen LogP contribution in [0.15, 0.2) is 52.4 Å². The Kier molecular flexibility index (Phi) is 4.87. The molecule has 0 bridgehead atoms. The summed E-state index contributed by atoms with van der Waals surface area (Å²) in [5.74, 6) is -0.100. The Labute approximate surface area is 153 Å². The van der Waals surface area contributed by atoms with Gasteiger partial charge in [0.15, 0.2) is 5.17 Å². The lowest BCUT2D eigenvalue weighted by atomic mass is 10.1. The molecule has 1 aliphatic heterocycles. The van der Waals surface area contributed by atoms with Crippen molar-refractivity contribution >= 4 is 57.2 Å². The van der Waals surface area contributed by atoms with E-state index >= 15 is 0 Å². The smallest absolute Gasteiger partial charge is 0.264 e. The predicted octanol–water partition coefficient (Wildman–Crippen LogP) is 4.80. The van der Waals surface area contributed by atoms with E-state index in [2.05, 4.69) is 39.0 Å². The van der Waals surface area contributed by atoms with Crippen LogP contribution in [0.2, 0.25) is 0 Å². The first-order valence-electron chi connectivity index (χ1n) is 7.13. The van der Waals surface area contributed by atoms with E-state index in [1.54, 1.807) is 0 Å². The fourth-order valence-corrected chi connectivity index (χ4v) is 3.52. The average molecular weight is 434 g/mol. The van der Waals surface area contributed by atoms with Gasteiger partial charge in [0.25, 0.3) is 5.91 Å². The Hall–Kier alpha value is -1.60. The Morgan fingerprint density at radius 3 is 2.39 bits per heavy atom. The van der Waals surface area contributed by atoms with Crippen LogP contribution in [0, 0.1) is 17.4 Å². The van der Waals surface area contributed by atoms with E-state index in [0.29, 0.717) is 10.1 Å². The highest BCUT2D eigenvalue weighted by atomic mass is 127. The van der Waals surface area contributed by atoms with Crippen LogP contribution in [0.1, 0.15) is 16.7 Å². The first kappa shape index (κ1) is 16.3. The van der Waals surface area contributed by atoms with E-state index in [1.807, 2.05) is 56.3 Å². The number of nitrogens with zero attached hydrogens (tertiary/aromatic N) is 1. The van der Waals surface area contributed by atoms with Crippen molar-refractivity contribution in [3.05, 3.63) is 67.6 Å². The van der Waals surface area contributed by atoms with Crippen LogP contribution < -0.4 is 5.32 Å². The molecule has 1 aliphatic rings. The van der Waals surface area contributed by atoms with Crippen LogP contribution in [0.4, 0.5) is 5.69 Å². The van der Waals surface area contributed by atoms with Gasteiger partial charge in [-0.25, -0.2) is 4.99 Å². The summed E-state index contributed by atoms with van der Waals surface area (Å²) in [4.78, 5) is 17.3. The van der Waals surface area contributed by atoms with Gasteiger partial charge in [0.1, 0.15) is 0 Å². The van der Waals surface area contributed by atoms with E-state index in [0.717, 1.165) is 22.4 Å². The maximum atomic E-state index is 12.1. The van der Waals surface area contributed by atoms with Crippen molar-refractivity contribution in [2.75, 3.05) is 0 Å². The van der Waals surface area contributed by atoms with Crippen LogP contribution >= 0.6 is 34.4 Å². The van der Waals surface area contributed by atoms with Crippen LogP contribution in [-0.2, 0) is 4.79 Å². The van der Waals surface area contributed by atoms with Crippen molar-refractivity contribution in [3.8, 4) is 0 Å². The van der Waals surface area contributed by atoms with Gasteiger partial charge in [0.2, 0.25) is 0 Å². The van der Waals surface area contributed by atoms with E-state index < -0.39 is 0 Å². The standard InChI is InChI=1S/C18H15IN2OS/c1-11-7-12(2)9-15(8-11)20-18-21-17(22)16(23-18)10-13-3-5-14(19)6-4-13/h3-10H,1-2H3,(H,20,21,22)/b16-10-. The molecule has 0 atom stereocenters. The highest BCUT2D eigenvalue weighted by Gasteiger charge is 2.23. The number of amides is 1. The summed E-state index contributed by atoms with van der Waals surface area (Å²) in [7, 11) is 0. The van der Waals surface area contributed by atoms with Gasteiger partial charge in [-0.05, 0) is 95.2 Å². The summed E-state index contributed by atoms with van der Waals surface area (Å²) in [5.41, 5.74) is 4.19. The third-order valence-electron chi connectivity index (χ3n) is 3.26. The van der Waals surface area contributed by atoms with Crippen molar-refractivity contribution in [2.45, 2.75) is 13.8 Å². The Bertz CT molecular complexity index is 805. The van der Waals surface area contributed by atoms with Crippen molar-refractivity contribution in [1.29, 1.82) is 0 Å². The molecule has 2 aromatic rings.